The fraction of sp³-hybridized carbons (Fsp3) is 0.167. The summed E-state index contributed by atoms with van der Waals surface area (Å²) < 4.78 is 11.0. The van der Waals surface area contributed by atoms with Crippen LogP contribution in [-0.4, -0.2) is 27.0 Å². The van der Waals surface area contributed by atoms with Crippen molar-refractivity contribution in [3.8, 4) is 28.9 Å². The van der Waals surface area contributed by atoms with Crippen LogP contribution in [0.2, 0.25) is 0 Å². The number of nitro groups is 1. The Morgan fingerprint density at radius 3 is 2.62 bits per heavy atom. The molecule has 0 N–H and O–H groups in total. The number of methoxy groups -OCH3 is 1. The fourth-order valence-corrected chi connectivity index (χ4v) is 2.28. The smallest absolute Gasteiger partial charge is 0.273 e. The molecule has 1 aromatic carbocycles. The molecule has 26 heavy (non-hydrogen) atoms. The van der Waals surface area contributed by atoms with Crippen molar-refractivity contribution >= 4 is 5.69 Å². The van der Waals surface area contributed by atoms with E-state index in [0.29, 0.717) is 29.6 Å². The van der Waals surface area contributed by atoms with Gasteiger partial charge < -0.3 is 9.47 Å². The summed E-state index contributed by atoms with van der Waals surface area (Å²) in [6.45, 7) is 1.97. The maximum Gasteiger partial charge on any atom is 0.273 e. The number of nitro benzene ring substituents is 1. The average molecular weight is 352 g/mol. The molecule has 8 nitrogen and oxygen atoms in total. The number of nitrogens with zero attached hydrogens (tertiary/aromatic N) is 4. The predicted molar refractivity (Wildman–Crippen MR) is 94.4 cm³/mol. The molecular weight excluding hydrogens is 336 g/mol. The van der Waals surface area contributed by atoms with Gasteiger partial charge in [0, 0.05) is 24.0 Å². The summed E-state index contributed by atoms with van der Waals surface area (Å²) in [5.41, 5.74) is 1.33. The van der Waals surface area contributed by atoms with E-state index in [1.165, 1.54) is 25.3 Å². The largest absolute Gasteiger partial charge is 0.493 e. The molecule has 3 rings (SSSR count). The standard InChI is InChI=1S/C18H16N4O4/c1-3-12-10-17(21-18(20-12)14-6-4-5-9-19-14)26-15-8-7-13(22(23)24)11-16(15)25-2/h4-11H,3H2,1-2H3. The Morgan fingerprint density at radius 2 is 1.96 bits per heavy atom. The summed E-state index contributed by atoms with van der Waals surface area (Å²) in [7, 11) is 1.42. The van der Waals surface area contributed by atoms with Crippen LogP contribution in [0.25, 0.3) is 11.5 Å². The van der Waals surface area contributed by atoms with Crippen LogP contribution in [0.5, 0.6) is 17.4 Å². The molecule has 0 spiro atoms. The number of pyridine rings is 1. The maximum absolute atomic E-state index is 10.9. The zero-order chi connectivity index (χ0) is 18.5. The van der Waals surface area contributed by atoms with Crippen LogP contribution in [0.3, 0.4) is 0 Å². The molecule has 0 aliphatic rings. The third kappa shape index (κ3) is 3.75. The number of aromatic nitrogens is 3. The first-order valence-electron chi connectivity index (χ1n) is 7.90. The van der Waals surface area contributed by atoms with Gasteiger partial charge in [0.25, 0.3) is 5.69 Å². The Morgan fingerprint density at radius 1 is 1.12 bits per heavy atom. The molecule has 0 bridgehead atoms. The molecule has 132 valence electrons. The molecule has 0 saturated heterocycles. The third-order valence-electron chi connectivity index (χ3n) is 3.58. The van der Waals surface area contributed by atoms with E-state index in [1.54, 1.807) is 12.3 Å². The van der Waals surface area contributed by atoms with E-state index >= 15 is 0 Å². The Balaban J connectivity index is 1.98. The van der Waals surface area contributed by atoms with Crippen molar-refractivity contribution in [3.05, 3.63) is 64.5 Å². The van der Waals surface area contributed by atoms with Crippen LogP contribution in [0.15, 0.2) is 48.7 Å². The molecule has 0 amide bonds. The number of hydrogen-bond donors (Lipinski definition) is 0. The molecule has 0 unspecified atom stereocenters. The van der Waals surface area contributed by atoms with Crippen molar-refractivity contribution in [2.45, 2.75) is 13.3 Å². The molecule has 2 aromatic heterocycles. The lowest BCUT2D eigenvalue weighted by Gasteiger charge is -2.11. The van der Waals surface area contributed by atoms with E-state index in [2.05, 4.69) is 15.0 Å². The molecule has 2 heterocycles. The predicted octanol–water partition coefficient (Wildman–Crippen LogP) is 3.81. The van der Waals surface area contributed by atoms with E-state index in [9.17, 15) is 10.1 Å². The minimum absolute atomic E-state index is 0.0830. The summed E-state index contributed by atoms with van der Waals surface area (Å²) in [5, 5.41) is 10.9. The van der Waals surface area contributed by atoms with Gasteiger partial charge in [0.1, 0.15) is 5.69 Å². The second kappa shape index (κ2) is 7.56. The molecule has 0 saturated carbocycles. The monoisotopic (exact) mass is 352 g/mol. The number of rotatable bonds is 6. The van der Waals surface area contributed by atoms with E-state index in [1.807, 2.05) is 25.1 Å². The maximum atomic E-state index is 10.9. The van der Waals surface area contributed by atoms with Crippen molar-refractivity contribution in [2.24, 2.45) is 0 Å². The Kier molecular flexibility index (Phi) is 5.02. The second-order valence-corrected chi connectivity index (χ2v) is 5.28. The fourth-order valence-electron chi connectivity index (χ4n) is 2.28. The summed E-state index contributed by atoms with van der Waals surface area (Å²) >= 11 is 0. The number of non-ortho nitro benzene ring substituents is 1. The van der Waals surface area contributed by atoms with Crippen molar-refractivity contribution in [2.75, 3.05) is 7.11 Å². The highest BCUT2D eigenvalue weighted by Crippen LogP contribution is 2.34. The van der Waals surface area contributed by atoms with Crippen LogP contribution in [0.1, 0.15) is 12.6 Å². The van der Waals surface area contributed by atoms with Crippen molar-refractivity contribution in [3.63, 3.8) is 0 Å². The van der Waals surface area contributed by atoms with Crippen molar-refractivity contribution < 1.29 is 14.4 Å². The molecule has 0 aliphatic carbocycles. The SMILES string of the molecule is CCc1cc(Oc2ccc([N+](=O)[O-])cc2OC)nc(-c2ccccn2)n1. The zero-order valence-corrected chi connectivity index (χ0v) is 14.2. The highest BCUT2D eigenvalue weighted by molar-refractivity contribution is 5.52. The average Bonchev–Trinajstić information content (AvgIpc) is 2.68. The highest BCUT2D eigenvalue weighted by Gasteiger charge is 2.15. The minimum atomic E-state index is -0.495. The Labute approximate surface area is 149 Å². The van der Waals surface area contributed by atoms with Crippen LogP contribution in [-0.2, 0) is 6.42 Å². The molecule has 0 fully saturated rings. The molecule has 0 radical (unpaired) electrons. The van der Waals surface area contributed by atoms with E-state index in [-0.39, 0.29) is 11.4 Å². The third-order valence-corrected chi connectivity index (χ3v) is 3.58. The zero-order valence-electron chi connectivity index (χ0n) is 14.2. The number of aryl methyl sites for hydroxylation is 1. The van der Waals surface area contributed by atoms with Gasteiger partial charge in [-0.05, 0) is 24.6 Å². The number of hydrogen-bond acceptors (Lipinski definition) is 7. The van der Waals surface area contributed by atoms with Gasteiger partial charge in [0.05, 0.1) is 18.1 Å². The van der Waals surface area contributed by atoms with E-state index in [0.717, 1.165) is 5.69 Å². The first-order chi connectivity index (χ1) is 12.6. The van der Waals surface area contributed by atoms with Gasteiger partial charge in [-0.3, -0.25) is 15.1 Å². The van der Waals surface area contributed by atoms with Gasteiger partial charge in [-0.15, -0.1) is 0 Å². The lowest BCUT2D eigenvalue weighted by atomic mass is 10.2. The summed E-state index contributed by atoms with van der Waals surface area (Å²) in [4.78, 5) is 23.5. The highest BCUT2D eigenvalue weighted by atomic mass is 16.6. The van der Waals surface area contributed by atoms with Gasteiger partial charge in [0.15, 0.2) is 17.3 Å². The molecule has 0 aliphatic heterocycles. The molecule has 0 atom stereocenters. The number of ether oxygens (including phenoxy) is 2. The van der Waals surface area contributed by atoms with Crippen LogP contribution < -0.4 is 9.47 Å². The summed E-state index contributed by atoms with van der Waals surface area (Å²) in [6, 6.07) is 11.3. The van der Waals surface area contributed by atoms with Crippen molar-refractivity contribution in [1.29, 1.82) is 0 Å². The van der Waals surface area contributed by atoms with Gasteiger partial charge in [0.2, 0.25) is 5.88 Å². The lowest BCUT2D eigenvalue weighted by Crippen LogP contribution is -2.00. The summed E-state index contributed by atoms with van der Waals surface area (Å²) in [5.74, 6) is 1.33. The molecular formula is C18H16N4O4. The van der Waals surface area contributed by atoms with Crippen LogP contribution >= 0.6 is 0 Å². The lowest BCUT2D eigenvalue weighted by molar-refractivity contribution is -0.384. The van der Waals surface area contributed by atoms with Crippen molar-refractivity contribution in [1.82, 2.24) is 15.0 Å². The Hall–Kier alpha value is -3.55. The molecule has 3 aromatic rings. The van der Waals surface area contributed by atoms with Crippen LogP contribution in [0.4, 0.5) is 5.69 Å². The quantitative estimate of drug-likeness (QED) is 0.491. The van der Waals surface area contributed by atoms with Gasteiger partial charge in [-0.2, -0.15) is 4.98 Å². The first kappa shape index (κ1) is 17.3. The molecule has 8 heteroatoms. The first-order valence-corrected chi connectivity index (χ1v) is 7.90. The van der Waals surface area contributed by atoms with E-state index in [4.69, 9.17) is 9.47 Å². The topological polar surface area (TPSA) is 100 Å². The minimum Gasteiger partial charge on any atom is -0.493 e. The number of benzene rings is 1. The van der Waals surface area contributed by atoms with Crippen LogP contribution in [0, 0.1) is 10.1 Å². The summed E-state index contributed by atoms with van der Waals surface area (Å²) in [6.07, 6.45) is 2.35. The van der Waals surface area contributed by atoms with E-state index < -0.39 is 4.92 Å². The Bertz CT molecular complexity index is 932. The van der Waals surface area contributed by atoms with Gasteiger partial charge in [-0.25, -0.2) is 4.98 Å². The van der Waals surface area contributed by atoms with Gasteiger partial charge in [-0.1, -0.05) is 13.0 Å². The normalized spacial score (nSPS) is 10.4. The second-order valence-electron chi connectivity index (χ2n) is 5.28. The van der Waals surface area contributed by atoms with Gasteiger partial charge >= 0.3 is 0 Å².